The molecule has 2 aliphatic rings. The van der Waals surface area contributed by atoms with E-state index in [1.165, 1.54) is 4.57 Å². The Bertz CT molecular complexity index is 1190. The van der Waals surface area contributed by atoms with Gasteiger partial charge in [0.15, 0.2) is 11.5 Å². The van der Waals surface area contributed by atoms with Crippen LogP contribution >= 0.6 is 12.4 Å². The van der Waals surface area contributed by atoms with Crippen LogP contribution in [0.4, 0.5) is 0 Å². The molecule has 3 aromatic rings. The summed E-state index contributed by atoms with van der Waals surface area (Å²) in [7, 11) is 0. The van der Waals surface area contributed by atoms with Crippen molar-refractivity contribution in [2.45, 2.75) is 63.5 Å². The zero-order chi connectivity index (χ0) is 19.5. The van der Waals surface area contributed by atoms with Gasteiger partial charge in [-0.2, -0.15) is 4.98 Å². The Labute approximate surface area is 172 Å². The number of nitrogens with one attached hydrogen (secondary N) is 1. The molecule has 5 rings (SSSR count). The molecule has 2 fully saturated rings. The molecule has 0 amide bonds. The SMILES string of the molecule is CCn1c(=O)[nH]c(=O)c2c(-c3nc(C4(N)CCCC4)no3)cc(C3CC3)nc21.Cl. The van der Waals surface area contributed by atoms with Crippen LogP contribution in [-0.4, -0.2) is 24.7 Å². The lowest BCUT2D eigenvalue weighted by Gasteiger charge is -2.17. The van der Waals surface area contributed by atoms with E-state index in [2.05, 4.69) is 20.1 Å². The fourth-order valence-corrected chi connectivity index (χ4v) is 4.11. The van der Waals surface area contributed by atoms with Crippen LogP contribution in [0.15, 0.2) is 20.2 Å². The third-order valence-electron chi connectivity index (χ3n) is 5.88. The lowest BCUT2D eigenvalue weighted by molar-refractivity contribution is 0.373. The molecule has 3 aromatic heterocycles. The predicted octanol–water partition coefficient (Wildman–Crippen LogP) is 2.18. The van der Waals surface area contributed by atoms with Gasteiger partial charge in [-0.3, -0.25) is 14.3 Å². The lowest BCUT2D eigenvalue weighted by Crippen LogP contribution is -2.34. The maximum atomic E-state index is 12.7. The maximum Gasteiger partial charge on any atom is 0.329 e. The van der Waals surface area contributed by atoms with Crippen molar-refractivity contribution in [2.75, 3.05) is 0 Å². The first kappa shape index (κ1) is 19.8. The van der Waals surface area contributed by atoms with Gasteiger partial charge in [0.1, 0.15) is 0 Å². The van der Waals surface area contributed by atoms with Gasteiger partial charge in [-0.25, -0.2) is 9.78 Å². The van der Waals surface area contributed by atoms with E-state index in [-0.39, 0.29) is 18.3 Å². The second kappa shape index (κ2) is 7.07. The zero-order valence-corrected chi connectivity index (χ0v) is 16.9. The van der Waals surface area contributed by atoms with Gasteiger partial charge in [0.05, 0.1) is 16.5 Å². The Kier molecular flexibility index (Phi) is 4.82. The van der Waals surface area contributed by atoms with Crippen molar-refractivity contribution in [1.29, 1.82) is 0 Å². The van der Waals surface area contributed by atoms with E-state index < -0.39 is 16.8 Å². The minimum absolute atomic E-state index is 0. The topological polar surface area (TPSA) is 133 Å². The first-order chi connectivity index (χ1) is 13.5. The summed E-state index contributed by atoms with van der Waals surface area (Å²) in [5.74, 6) is 1.05. The van der Waals surface area contributed by atoms with Crippen LogP contribution in [0, 0.1) is 0 Å². The number of fused-ring (bicyclic) bond motifs is 1. The van der Waals surface area contributed by atoms with Crippen molar-refractivity contribution >= 4 is 23.4 Å². The minimum Gasteiger partial charge on any atom is -0.334 e. The summed E-state index contributed by atoms with van der Waals surface area (Å²) in [5, 5.41) is 4.41. The standard InChI is InChI=1S/C19H22N6O3.ClH/c1-2-25-14-13(15(26)22-18(25)27)11(9-12(21-14)10-5-6-10)16-23-17(24-28-16)19(20)7-3-4-8-19;/h9-10H,2-8,20H2,1H3,(H,22,26,27);1H. The number of rotatable bonds is 4. The smallest absolute Gasteiger partial charge is 0.329 e. The number of hydrogen-bond acceptors (Lipinski definition) is 7. The lowest BCUT2D eigenvalue weighted by atomic mass is 9.98. The van der Waals surface area contributed by atoms with Gasteiger partial charge >= 0.3 is 5.69 Å². The Morgan fingerprint density at radius 2 is 2.00 bits per heavy atom. The van der Waals surface area contributed by atoms with Gasteiger partial charge in [0.2, 0.25) is 0 Å². The fraction of sp³-hybridized carbons (Fsp3) is 0.526. The van der Waals surface area contributed by atoms with Crippen molar-refractivity contribution in [3.63, 3.8) is 0 Å². The van der Waals surface area contributed by atoms with E-state index in [0.717, 1.165) is 44.2 Å². The summed E-state index contributed by atoms with van der Waals surface area (Å²) >= 11 is 0. The van der Waals surface area contributed by atoms with E-state index in [0.29, 0.717) is 34.9 Å². The van der Waals surface area contributed by atoms with Gasteiger partial charge in [0, 0.05) is 18.2 Å². The molecule has 0 saturated heterocycles. The van der Waals surface area contributed by atoms with Gasteiger partial charge in [-0.15, -0.1) is 12.4 Å². The van der Waals surface area contributed by atoms with Crippen molar-refractivity contribution in [2.24, 2.45) is 5.73 Å². The highest BCUT2D eigenvalue weighted by molar-refractivity contribution is 5.90. The van der Waals surface area contributed by atoms with Crippen molar-refractivity contribution in [3.8, 4) is 11.5 Å². The quantitative estimate of drug-likeness (QED) is 0.663. The Morgan fingerprint density at radius 1 is 1.28 bits per heavy atom. The summed E-state index contributed by atoms with van der Waals surface area (Å²) in [6.45, 7) is 2.24. The van der Waals surface area contributed by atoms with E-state index in [1.807, 2.05) is 13.0 Å². The van der Waals surface area contributed by atoms with Crippen LogP contribution in [0.5, 0.6) is 0 Å². The van der Waals surface area contributed by atoms with Crippen molar-refractivity contribution in [1.82, 2.24) is 24.7 Å². The molecule has 0 atom stereocenters. The number of H-pyrrole nitrogens is 1. The average molecular weight is 419 g/mol. The third kappa shape index (κ3) is 3.18. The molecule has 154 valence electrons. The van der Waals surface area contributed by atoms with Gasteiger partial charge < -0.3 is 10.3 Å². The highest BCUT2D eigenvalue weighted by Gasteiger charge is 2.36. The average Bonchev–Trinajstić information content (AvgIpc) is 3.22. The molecule has 9 nitrogen and oxygen atoms in total. The van der Waals surface area contributed by atoms with Gasteiger partial charge in [-0.1, -0.05) is 18.0 Å². The normalized spacial score (nSPS) is 18.1. The van der Waals surface area contributed by atoms with E-state index in [9.17, 15) is 9.59 Å². The van der Waals surface area contributed by atoms with Crippen LogP contribution in [0.2, 0.25) is 0 Å². The number of aryl methyl sites for hydroxylation is 1. The molecule has 10 heteroatoms. The second-order valence-corrected chi connectivity index (χ2v) is 7.86. The molecule has 0 bridgehead atoms. The first-order valence-electron chi connectivity index (χ1n) is 9.81. The molecule has 0 radical (unpaired) electrons. The number of pyridine rings is 1. The van der Waals surface area contributed by atoms with Gasteiger partial charge in [0.25, 0.3) is 11.4 Å². The second-order valence-electron chi connectivity index (χ2n) is 7.86. The summed E-state index contributed by atoms with van der Waals surface area (Å²) in [6, 6.07) is 1.84. The Balaban J connectivity index is 0.00000205. The van der Waals surface area contributed by atoms with Crippen molar-refractivity contribution < 1.29 is 4.52 Å². The number of hydrogen-bond donors (Lipinski definition) is 2. The molecule has 2 saturated carbocycles. The molecular weight excluding hydrogens is 396 g/mol. The zero-order valence-electron chi connectivity index (χ0n) is 16.1. The predicted molar refractivity (Wildman–Crippen MR) is 109 cm³/mol. The van der Waals surface area contributed by atoms with Gasteiger partial charge in [-0.05, 0) is 38.7 Å². The third-order valence-corrected chi connectivity index (χ3v) is 5.88. The molecule has 29 heavy (non-hydrogen) atoms. The summed E-state index contributed by atoms with van der Waals surface area (Å²) in [5.41, 5.74) is 6.62. The highest BCUT2D eigenvalue weighted by atomic mass is 35.5. The van der Waals surface area contributed by atoms with Crippen LogP contribution in [0.3, 0.4) is 0 Å². The molecule has 0 aromatic carbocycles. The first-order valence-corrected chi connectivity index (χ1v) is 9.81. The molecule has 3 N–H and O–H groups in total. The minimum atomic E-state index is -0.582. The van der Waals surface area contributed by atoms with E-state index >= 15 is 0 Å². The summed E-state index contributed by atoms with van der Waals surface area (Å²) in [4.78, 5) is 36.5. The van der Waals surface area contributed by atoms with Crippen molar-refractivity contribution in [3.05, 3.63) is 38.4 Å². The van der Waals surface area contributed by atoms with E-state index in [1.54, 1.807) is 0 Å². The Morgan fingerprint density at radius 3 is 2.66 bits per heavy atom. The molecule has 0 aliphatic heterocycles. The Hall–Kier alpha value is -2.52. The molecular formula is C19H23ClN6O3. The largest absolute Gasteiger partial charge is 0.334 e. The monoisotopic (exact) mass is 418 g/mol. The number of aromatic amines is 1. The molecule has 2 aliphatic carbocycles. The van der Waals surface area contributed by atoms with Crippen LogP contribution in [0.25, 0.3) is 22.5 Å². The number of nitrogens with zero attached hydrogens (tertiary/aromatic N) is 4. The van der Waals surface area contributed by atoms with Crippen LogP contribution < -0.4 is 17.0 Å². The highest BCUT2D eigenvalue weighted by Crippen LogP contribution is 2.41. The summed E-state index contributed by atoms with van der Waals surface area (Å²) < 4.78 is 7.00. The number of halogens is 1. The maximum absolute atomic E-state index is 12.7. The molecule has 0 unspecified atom stereocenters. The molecule has 3 heterocycles. The van der Waals surface area contributed by atoms with E-state index in [4.69, 9.17) is 10.3 Å². The summed E-state index contributed by atoms with van der Waals surface area (Å²) in [6.07, 6.45) is 5.77. The number of aromatic nitrogens is 5. The van der Waals surface area contributed by atoms with Crippen LogP contribution in [-0.2, 0) is 12.1 Å². The van der Waals surface area contributed by atoms with Crippen LogP contribution in [0.1, 0.15) is 62.9 Å². The number of nitrogens with two attached hydrogens (primary N) is 1. The fourth-order valence-electron chi connectivity index (χ4n) is 4.11. The molecule has 0 spiro atoms.